The van der Waals surface area contributed by atoms with Gasteiger partial charge in [-0.25, -0.2) is 18.6 Å². The van der Waals surface area contributed by atoms with E-state index in [1.54, 1.807) is 5.38 Å². The molecular formula is C20H14F5KN4O3S2. The molecule has 0 saturated carbocycles. The number of carbonyl (C=O) groups is 1. The van der Waals surface area contributed by atoms with Gasteiger partial charge in [-0.2, -0.15) is 13.2 Å². The molecule has 3 aromatic heterocycles. The third-order valence-electron chi connectivity index (χ3n) is 5.00. The number of anilines is 1. The van der Waals surface area contributed by atoms with Gasteiger partial charge in [-0.3, -0.25) is 18.7 Å². The number of thiazole rings is 1. The smallest absolute Gasteiger partial charge is 1.00 e. The first-order valence-electron chi connectivity index (χ1n) is 9.37. The van der Waals surface area contributed by atoms with Crippen molar-refractivity contribution in [2.45, 2.75) is 12.6 Å². The van der Waals surface area contributed by atoms with Gasteiger partial charge in [0.25, 0.3) is 5.56 Å². The largest absolute Gasteiger partial charge is 1.00 e. The quantitative estimate of drug-likeness (QED) is 0.301. The van der Waals surface area contributed by atoms with E-state index in [4.69, 9.17) is 0 Å². The Labute approximate surface area is 245 Å². The molecule has 0 radical (unpaired) electrons. The summed E-state index contributed by atoms with van der Waals surface area (Å²) in [6.07, 6.45) is -5.48. The molecule has 3 heterocycles. The van der Waals surface area contributed by atoms with E-state index in [1.165, 1.54) is 24.0 Å². The first-order valence-corrected chi connectivity index (χ1v) is 11.1. The monoisotopic (exact) mass is 556 g/mol. The van der Waals surface area contributed by atoms with Crippen LogP contribution in [0.2, 0.25) is 0 Å². The number of aromatic nitrogens is 3. The second-order valence-electron chi connectivity index (χ2n) is 7.19. The SMILES string of the molecule is Cn1c(=O)c2c(CC(=O)Nc3nc(-c4ccc(F)c(C(F)(F)F)c4F)cs3)csc2n(C)c1=O.[H-].[K+]. The summed E-state index contributed by atoms with van der Waals surface area (Å²) in [6.45, 7) is 0. The van der Waals surface area contributed by atoms with Gasteiger partial charge in [0.2, 0.25) is 5.91 Å². The van der Waals surface area contributed by atoms with Crippen LogP contribution in [0.25, 0.3) is 21.5 Å². The van der Waals surface area contributed by atoms with Gasteiger partial charge in [0.15, 0.2) is 5.13 Å². The summed E-state index contributed by atoms with van der Waals surface area (Å²) < 4.78 is 69.1. The molecule has 0 aliphatic carbocycles. The average Bonchev–Trinajstić information content (AvgIpc) is 3.37. The Morgan fingerprint density at radius 2 is 1.80 bits per heavy atom. The van der Waals surface area contributed by atoms with Crippen molar-refractivity contribution in [3.05, 3.63) is 66.5 Å². The van der Waals surface area contributed by atoms with Crippen molar-refractivity contribution >= 4 is 43.9 Å². The van der Waals surface area contributed by atoms with Crippen molar-refractivity contribution in [1.29, 1.82) is 0 Å². The van der Waals surface area contributed by atoms with E-state index in [2.05, 4.69) is 10.3 Å². The molecule has 4 rings (SSSR count). The third-order valence-corrected chi connectivity index (χ3v) is 6.86. The van der Waals surface area contributed by atoms with E-state index in [-0.39, 0.29) is 75.4 Å². The first-order chi connectivity index (χ1) is 15.9. The van der Waals surface area contributed by atoms with Crippen molar-refractivity contribution in [1.82, 2.24) is 14.1 Å². The van der Waals surface area contributed by atoms with Crippen LogP contribution in [-0.2, 0) is 31.5 Å². The molecule has 15 heteroatoms. The number of benzene rings is 1. The Morgan fingerprint density at radius 3 is 2.46 bits per heavy atom. The number of halogens is 5. The minimum Gasteiger partial charge on any atom is -1.00 e. The predicted molar refractivity (Wildman–Crippen MR) is 118 cm³/mol. The molecule has 0 atom stereocenters. The van der Waals surface area contributed by atoms with Crippen LogP contribution in [-0.4, -0.2) is 20.0 Å². The maximum absolute atomic E-state index is 14.4. The van der Waals surface area contributed by atoms with Crippen LogP contribution in [0.1, 0.15) is 12.6 Å². The summed E-state index contributed by atoms with van der Waals surface area (Å²) in [5, 5.41) is 5.43. The standard InChI is InChI=1S/C20H13F5N4O3S2.K.H/c1-28-16(31)13-8(6-33-17(13)29(2)19(28)32)5-12(30)27-18-26-11(7-34-18)9-3-4-10(21)14(15(9)22)20(23,24)25;;/h3-4,6-7H,5H2,1-2H3,(H,26,27,30);;/q;+1;-1. The molecule has 0 fully saturated rings. The molecular weight excluding hydrogens is 542 g/mol. The van der Waals surface area contributed by atoms with Gasteiger partial charge in [0.1, 0.15) is 22.0 Å². The molecule has 4 aromatic rings. The minimum absolute atomic E-state index is 0. The number of amides is 1. The van der Waals surface area contributed by atoms with Crippen molar-refractivity contribution in [3.8, 4) is 11.3 Å². The van der Waals surface area contributed by atoms with Gasteiger partial charge >= 0.3 is 63.3 Å². The second kappa shape index (κ2) is 10.3. The Kier molecular flexibility index (Phi) is 8.20. The Morgan fingerprint density at radius 1 is 1.11 bits per heavy atom. The molecule has 1 N–H and O–H groups in total. The number of alkyl halides is 3. The molecule has 35 heavy (non-hydrogen) atoms. The zero-order valence-electron chi connectivity index (χ0n) is 19.3. The Hall–Kier alpha value is -1.75. The minimum atomic E-state index is -5.24. The van der Waals surface area contributed by atoms with Gasteiger partial charge in [0.05, 0.1) is 17.5 Å². The molecule has 0 bridgehead atoms. The number of fused-ring (bicyclic) bond motifs is 1. The fourth-order valence-electron chi connectivity index (χ4n) is 3.36. The van der Waals surface area contributed by atoms with Crippen molar-refractivity contribution < 1.29 is 79.6 Å². The molecule has 0 spiro atoms. The summed E-state index contributed by atoms with van der Waals surface area (Å²) in [5.41, 5.74) is -3.49. The van der Waals surface area contributed by atoms with E-state index in [0.29, 0.717) is 16.5 Å². The van der Waals surface area contributed by atoms with Gasteiger partial charge in [-0.1, -0.05) is 0 Å². The molecule has 1 amide bonds. The van der Waals surface area contributed by atoms with E-state index in [1.807, 2.05) is 0 Å². The van der Waals surface area contributed by atoms with Gasteiger partial charge < -0.3 is 6.74 Å². The maximum Gasteiger partial charge on any atom is 1.00 e. The summed E-state index contributed by atoms with van der Waals surface area (Å²) >= 11 is 1.96. The number of nitrogens with one attached hydrogen (secondary N) is 1. The zero-order chi connectivity index (χ0) is 24.9. The van der Waals surface area contributed by atoms with Crippen LogP contribution in [0.4, 0.5) is 27.1 Å². The molecule has 0 aliphatic rings. The van der Waals surface area contributed by atoms with Crippen LogP contribution >= 0.6 is 22.7 Å². The van der Waals surface area contributed by atoms with Crippen molar-refractivity contribution in [3.63, 3.8) is 0 Å². The van der Waals surface area contributed by atoms with Gasteiger partial charge in [-0.15, -0.1) is 22.7 Å². The van der Waals surface area contributed by atoms with E-state index >= 15 is 0 Å². The van der Waals surface area contributed by atoms with Gasteiger partial charge in [0, 0.05) is 25.0 Å². The van der Waals surface area contributed by atoms with Crippen molar-refractivity contribution in [2.24, 2.45) is 14.1 Å². The van der Waals surface area contributed by atoms with Crippen LogP contribution in [0.15, 0.2) is 32.5 Å². The number of hydrogen-bond donors (Lipinski definition) is 1. The van der Waals surface area contributed by atoms with Crippen LogP contribution < -0.4 is 68.0 Å². The van der Waals surface area contributed by atoms with Crippen molar-refractivity contribution in [2.75, 3.05) is 5.32 Å². The number of aryl methyl sites for hydroxylation is 1. The third kappa shape index (κ3) is 5.21. The number of rotatable bonds is 4. The molecule has 0 unspecified atom stereocenters. The number of thiophene rings is 1. The predicted octanol–water partition coefficient (Wildman–Crippen LogP) is 1.02. The maximum atomic E-state index is 14.4. The number of carbonyl (C=O) groups excluding carboxylic acids is 1. The summed E-state index contributed by atoms with van der Waals surface area (Å²) in [7, 11) is 2.82. The molecule has 0 saturated heterocycles. The number of nitrogens with zero attached hydrogens (tertiary/aromatic N) is 3. The summed E-state index contributed by atoms with van der Waals surface area (Å²) in [6, 6.07) is 1.33. The van der Waals surface area contributed by atoms with Crippen LogP contribution in [0.5, 0.6) is 0 Å². The average molecular weight is 557 g/mol. The molecule has 180 valence electrons. The fourth-order valence-corrected chi connectivity index (χ4v) is 5.11. The van der Waals surface area contributed by atoms with E-state index < -0.39 is 46.1 Å². The Bertz CT molecular complexity index is 1580. The van der Waals surface area contributed by atoms with Crippen LogP contribution in [0.3, 0.4) is 0 Å². The molecule has 0 aliphatic heterocycles. The second-order valence-corrected chi connectivity index (χ2v) is 8.91. The Balaban J connectivity index is 0.00000228. The summed E-state index contributed by atoms with van der Waals surface area (Å²) in [4.78, 5) is 41.4. The molecule has 7 nitrogen and oxygen atoms in total. The van der Waals surface area contributed by atoms with Gasteiger partial charge in [-0.05, 0) is 23.1 Å². The van der Waals surface area contributed by atoms with E-state index in [9.17, 15) is 36.3 Å². The number of hydrogen-bond acceptors (Lipinski definition) is 6. The van der Waals surface area contributed by atoms with E-state index in [0.717, 1.165) is 33.3 Å². The normalized spacial score (nSPS) is 11.5. The summed E-state index contributed by atoms with van der Waals surface area (Å²) in [5.74, 6) is -4.14. The van der Waals surface area contributed by atoms with Crippen LogP contribution in [0, 0.1) is 11.6 Å². The fraction of sp³-hybridized carbons (Fsp3) is 0.200. The topological polar surface area (TPSA) is 86.0 Å². The first kappa shape index (κ1) is 27.8. The zero-order valence-corrected chi connectivity index (χ0v) is 23.0. The molecule has 1 aromatic carbocycles.